The number of amides is 2. The highest BCUT2D eigenvalue weighted by molar-refractivity contribution is 7.10. The van der Waals surface area contributed by atoms with Gasteiger partial charge in [-0.05, 0) is 37.4 Å². The van der Waals surface area contributed by atoms with E-state index in [1.165, 1.54) is 37.5 Å². The molecule has 2 rings (SSSR count). The van der Waals surface area contributed by atoms with Crippen molar-refractivity contribution in [3.63, 3.8) is 0 Å². The lowest BCUT2D eigenvalue weighted by Crippen LogP contribution is -2.39. The van der Waals surface area contributed by atoms with Crippen LogP contribution < -0.4 is 10.6 Å². The molecule has 0 aliphatic carbocycles. The van der Waals surface area contributed by atoms with Crippen LogP contribution in [0.1, 0.15) is 49.9 Å². The Balaban J connectivity index is 1.87. The SMILES string of the molecule is CC(=O)NCCC(=O)NCC(c1cccs1)N1CCCCCC1. The minimum Gasteiger partial charge on any atom is -0.356 e. The Hall–Kier alpha value is -1.40. The molecule has 128 valence electrons. The third-order valence-electron chi connectivity index (χ3n) is 4.17. The molecule has 5 nitrogen and oxygen atoms in total. The van der Waals surface area contributed by atoms with E-state index in [-0.39, 0.29) is 17.9 Å². The summed E-state index contributed by atoms with van der Waals surface area (Å²) in [5, 5.41) is 7.79. The van der Waals surface area contributed by atoms with Gasteiger partial charge in [-0.2, -0.15) is 0 Å². The Morgan fingerprint density at radius 1 is 1.22 bits per heavy atom. The molecule has 0 spiro atoms. The molecule has 0 bridgehead atoms. The van der Waals surface area contributed by atoms with Crippen LogP contribution >= 0.6 is 11.3 Å². The van der Waals surface area contributed by atoms with Crippen molar-refractivity contribution >= 4 is 23.2 Å². The maximum absolute atomic E-state index is 12.0. The van der Waals surface area contributed by atoms with Gasteiger partial charge in [0.05, 0.1) is 6.04 Å². The second kappa shape index (κ2) is 9.67. The Morgan fingerprint density at radius 2 is 1.96 bits per heavy atom. The van der Waals surface area contributed by atoms with Gasteiger partial charge in [-0.15, -0.1) is 11.3 Å². The highest BCUT2D eigenvalue weighted by Crippen LogP contribution is 2.27. The molecule has 2 heterocycles. The summed E-state index contributed by atoms with van der Waals surface area (Å²) < 4.78 is 0. The first-order valence-corrected chi connectivity index (χ1v) is 9.33. The van der Waals surface area contributed by atoms with E-state index >= 15 is 0 Å². The van der Waals surface area contributed by atoms with Crippen molar-refractivity contribution in [1.29, 1.82) is 0 Å². The molecule has 6 heteroatoms. The predicted octanol–water partition coefficient (Wildman–Crippen LogP) is 2.31. The third-order valence-corrected chi connectivity index (χ3v) is 5.15. The molecular weight excluding hydrogens is 310 g/mol. The van der Waals surface area contributed by atoms with Crippen molar-refractivity contribution in [3.8, 4) is 0 Å². The Labute approximate surface area is 142 Å². The molecule has 1 unspecified atom stereocenters. The topological polar surface area (TPSA) is 61.4 Å². The predicted molar refractivity (Wildman–Crippen MR) is 93.4 cm³/mol. The molecule has 0 saturated carbocycles. The van der Waals surface area contributed by atoms with Crippen LogP contribution in [0.25, 0.3) is 0 Å². The van der Waals surface area contributed by atoms with Crippen LogP contribution in [0.3, 0.4) is 0 Å². The Bertz CT molecular complexity index is 482. The summed E-state index contributed by atoms with van der Waals surface area (Å²) in [6.45, 7) is 4.70. The summed E-state index contributed by atoms with van der Waals surface area (Å²) in [5.41, 5.74) is 0. The number of hydrogen-bond acceptors (Lipinski definition) is 4. The molecule has 1 atom stereocenters. The van der Waals surface area contributed by atoms with E-state index < -0.39 is 0 Å². The number of carbonyl (C=O) groups excluding carboxylic acids is 2. The molecule has 2 N–H and O–H groups in total. The normalized spacial score (nSPS) is 17.3. The van der Waals surface area contributed by atoms with Crippen molar-refractivity contribution in [2.24, 2.45) is 0 Å². The van der Waals surface area contributed by atoms with Crippen molar-refractivity contribution in [2.75, 3.05) is 26.2 Å². The standard InChI is InChI=1S/C17H27N3O2S/c1-14(21)18-9-8-17(22)19-13-15(16-7-6-12-23-16)20-10-4-2-3-5-11-20/h6-7,12,15H,2-5,8-11,13H2,1H3,(H,18,21)(H,19,22). The Kier molecular flexibility index (Phi) is 7.55. The number of hydrogen-bond donors (Lipinski definition) is 2. The van der Waals surface area contributed by atoms with Crippen LogP contribution in [-0.2, 0) is 9.59 Å². The fraction of sp³-hybridized carbons (Fsp3) is 0.647. The van der Waals surface area contributed by atoms with Gasteiger partial charge in [0.15, 0.2) is 0 Å². The first-order valence-electron chi connectivity index (χ1n) is 8.45. The minimum atomic E-state index is -0.0983. The number of thiophene rings is 1. The van der Waals surface area contributed by atoms with Crippen molar-refractivity contribution in [3.05, 3.63) is 22.4 Å². The van der Waals surface area contributed by atoms with Crippen LogP contribution in [0, 0.1) is 0 Å². The van der Waals surface area contributed by atoms with Gasteiger partial charge in [0, 0.05) is 31.3 Å². The number of carbonyl (C=O) groups is 2. The molecule has 1 aromatic rings. The van der Waals surface area contributed by atoms with E-state index in [0.29, 0.717) is 19.5 Å². The molecule has 23 heavy (non-hydrogen) atoms. The van der Waals surface area contributed by atoms with Gasteiger partial charge >= 0.3 is 0 Å². The summed E-state index contributed by atoms with van der Waals surface area (Å²) in [6, 6.07) is 4.49. The van der Waals surface area contributed by atoms with Crippen LogP contribution in [-0.4, -0.2) is 42.9 Å². The molecule has 1 saturated heterocycles. The van der Waals surface area contributed by atoms with Crippen molar-refractivity contribution in [2.45, 2.75) is 45.1 Å². The van der Waals surface area contributed by atoms with E-state index in [1.807, 2.05) is 0 Å². The lowest BCUT2D eigenvalue weighted by molar-refractivity contribution is -0.121. The van der Waals surface area contributed by atoms with E-state index in [1.54, 1.807) is 11.3 Å². The first-order chi connectivity index (χ1) is 11.2. The largest absolute Gasteiger partial charge is 0.356 e. The summed E-state index contributed by atoms with van der Waals surface area (Å²) in [4.78, 5) is 26.6. The lowest BCUT2D eigenvalue weighted by atomic mass is 10.2. The molecule has 0 radical (unpaired) electrons. The molecule has 2 amide bonds. The molecule has 1 aromatic heterocycles. The summed E-state index contributed by atoms with van der Waals surface area (Å²) >= 11 is 1.75. The smallest absolute Gasteiger partial charge is 0.221 e. The fourth-order valence-electron chi connectivity index (χ4n) is 2.95. The third kappa shape index (κ3) is 6.31. The fourth-order valence-corrected chi connectivity index (χ4v) is 3.81. The second-order valence-corrected chi connectivity index (χ2v) is 7.00. The summed E-state index contributed by atoms with van der Waals surface area (Å²) in [7, 11) is 0. The quantitative estimate of drug-likeness (QED) is 0.803. The van der Waals surface area contributed by atoms with Crippen LogP contribution in [0.5, 0.6) is 0 Å². The van der Waals surface area contributed by atoms with E-state index in [4.69, 9.17) is 0 Å². The van der Waals surface area contributed by atoms with Gasteiger partial charge in [-0.3, -0.25) is 14.5 Å². The minimum absolute atomic E-state index is 0.00451. The maximum atomic E-state index is 12.0. The Morgan fingerprint density at radius 3 is 2.57 bits per heavy atom. The van der Waals surface area contributed by atoms with Crippen molar-refractivity contribution < 1.29 is 9.59 Å². The number of rotatable bonds is 7. The first kappa shape index (κ1) is 17.9. The molecule has 1 aliphatic heterocycles. The average Bonchev–Trinajstić information content (AvgIpc) is 2.90. The van der Waals surface area contributed by atoms with Gasteiger partial charge in [-0.1, -0.05) is 18.9 Å². The van der Waals surface area contributed by atoms with Gasteiger partial charge in [0.25, 0.3) is 0 Å². The molecule has 0 aromatic carbocycles. The zero-order valence-electron chi connectivity index (χ0n) is 13.8. The van der Waals surface area contributed by atoms with Gasteiger partial charge in [-0.25, -0.2) is 0 Å². The summed E-state index contributed by atoms with van der Waals surface area (Å²) in [6.07, 6.45) is 5.40. The van der Waals surface area contributed by atoms with Gasteiger partial charge in [0.1, 0.15) is 0 Å². The molecular formula is C17H27N3O2S. The number of nitrogens with zero attached hydrogens (tertiary/aromatic N) is 1. The highest BCUT2D eigenvalue weighted by Gasteiger charge is 2.22. The van der Waals surface area contributed by atoms with Crippen LogP contribution in [0.2, 0.25) is 0 Å². The maximum Gasteiger partial charge on any atom is 0.221 e. The second-order valence-electron chi connectivity index (χ2n) is 6.02. The number of likely N-dealkylation sites (tertiary alicyclic amines) is 1. The van der Waals surface area contributed by atoms with Gasteiger partial charge < -0.3 is 10.6 Å². The van der Waals surface area contributed by atoms with Gasteiger partial charge in [0.2, 0.25) is 11.8 Å². The monoisotopic (exact) mass is 337 g/mol. The van der Waals surface area contributed by atoms with E-state index in [9.17, 15) is 9.59 Å². The molecule has 1 fully saturated rings. The lowest BCUT2D eigenvalue weighted by Gasteiger charge is -2.30. The average molecular weight is 337 g/mol. The zero-order valence-corrected chi connectivity index (χ0v) is 14.7. The summed E-state index contributed by atoms with van der Waals surface area (Å²) in [5.74, 6) is -0.103. The van der Waals surface area contributed by atoms with Crippen LogP contribution in [0.4, 0.5) is 0 Å². The highest BCUT2D eigenvalue weighted by atomic mass is 32.1. The zero-order chi connectivity index (χ0) is 16.5. The van der Waals surface area contributed by atoms with E-state index in [0.717, 1.165) is 13.1 Å². The number of nitrogens with one attached hydrogen (secondary N) is 2. The van der Waals surface area contributed by atoms with Crippen LogP contribution in [0.15, 0.2) is 17.5 Å². The van der Waals surface area contributed by atoms with E-state index in [2.05, 4.69) is 33.0 Å². The molecule has 1 aliphatic rings. The van der Waals surface area contributed by atoms with Crippen molar-refractivity contribution in [1.82, 2.24) is 15.5 Å².